The lowest BCUT2D eigenvalue weighted by Crippen LogP contribution is -2.57. The number of nitrogens with two attached hydrogens (primary N) is 1. The van der Waals surface area contributed by atoms with Gasteiger partial charge in [0.15, 0.2) is 0 Å². The molecule has 0 amide bonds. The number of benzene rings is 1. The van der Waals surface area contributed by atoms with Crippen molar-refractivity contribution in [2.45, 2.75) is 37.7 Å². The first-order valence-electron chi connectivity index (χ1n) is 7.81. The van der Waals surface area contributed by atoms with E-state index in [4.69, 9.17) is 15.8 Å². The number of hydrogen-bond acceptors (Lipinski definition) is 6. The Kier molecular flexibility index (Phi) is 8.49. The average Bonchev–Trinajstić information content (AvgIpc) is 2.56. The topological polar surface area (TPSA) is 162 Å². The second-order valence-electron chi connectivity index (χ2n) is 5.82. The first-order valence-corrected chi connectivity index (χ1v) is 9.29. The van der Waals surface area contributed by atoms with Gasteiger partial charge in [-0.2, -0.15) is 17.9 Å². The van der Waals surface area contributed by atoms with Crippen LogP contribution in [-0.4, -0.2) is 48.7 Å². The van der Waals surface area contributed by atoms with E-state index in [1.54, 1.807) is 24.3 Å². The molecule has 0 bridgehead atoms. The Labute approximate surface area is 147 Å². The maximum absolute atomic E-state index is 12.0. The summed E-state index contributed by atoms with van der Waals surface area (Å²) < 4.78 is 28.4. The van der Waals surface area contributed by atoms with Crippen LogP contribution < -0.4 is 15.2 Å². The van der Waals surface area contributed by atoms with Crippen LogP contribution in [0, 0.1) is 0 Å². The second kappa shape index (κ2) is 9.85. The van der Waals surface area contributed by atoms with Gasteiger partial charge in [0, 0.05) is 13.1 Å². The largest absolute Gasteiger partial charge is 0.480 e. The van der Waals surface area contributed by atoms with Crippen molar-refractivity contribution in [3.05, 3.63) is 35.9 Å². The SMILES string of the molecule is NC(CCCCB(O)O)(CNS(=O)(=O)NCc1ccccc1)C(=O)O. The van der Waals surface area contributed by atoms with E-state index >= 15 is 0 Å². The lowest BCUT2D eigenvalue weighted by molar-refractivity contribution is -0.143. The summed E-state index contributed by atoms with van der Waals surface area (Å²) in [4.78, 5) is 11.4. The highest BCUT2D eigenvalue weighted by Gasteiger charge is 2.34. The number of unbranched alkanes of at least 4 members (excludes halogenated alkanes) is 1. The molecule has 0 spiro atoms. The molecule has 9 nitrogen and oxygen atoms in total. The molecule has 1 rings (SSSR count). The van der Waals surface area contributed by atoms with E-state index in [1.165, 1.54) is 0 Å². The summed E-state index contributed by atoms with van der Waals surface area (Å²) in [5, 5.41) is 26.8. The Morgan fingerprint density at radius 3 is 2.36 bits per heavy atom. The normalized spacial score (nSPS) is 14.0. The minimum Gasteiger partial charge on any atom is -0.480 e. The fourth-order valence-corrected chi connectivity index (χ4v) is 2.99. The van der Waals surface area contributed by atoms with Crippen LogP contribution in [0.1, 0.15) is 24.8 Å². The van der Waals surface area contributed by atoms with Gasteiger partial charge in [-0.25, -0.2) is 0 Å². The third-order valence-corrected chi connectivity index (χ3v) is 4.70. The third kappa shape index (κ3) is 8.43. The molecule has 7 N–H and O–H groups in total. The van der Waals surface area contributed by atoms with E-state index < -0.39 is 35.4 Å². The molecule has 0 aliphatic heterocycles. The molecule has 1 atom stereocenters. The van der Waals surface area contributed by atoms with Crippen molar-refractivity contribution in [3.63, 3.8) is 0 Å². The average molecular weight is 373 g/mol. The standard InChI is InChI=1S/C14H24BN3O6S/c16-14(13(19)20,8-4-5-9-15(21)22)11-18-25(23,24)17-10-12-6-2-1-3-7-12/h1-3,6-7,17-18,21-22H,4-5,8-11,16H2,(H,19,20). The highest BCUT2D eigenvalue weighted by molar-refractivity contribution is 7.87. The molecule has 25 heavy (non-hydrogen) atoms. The Morgan fingerprint density at radius 1 is 1.16 bits per heavy atom. The highest BCUT2D eigenvalue weighted by Crippen LogP contribution is 2.13. The Hall–Kier alpha value is -1.50. The minimum atomic E-state index is -3.91. The van der Waals surface area contributed by atoms with Gasteiger partial charge in [0.1, 0.15) is 5.54 Å². The molecule has 0 saturated carbocycles. The molecule has 11 heteroatoms. The van der Waals surface area contributed by atoms with Gasteiger partial charge in [-0.3, -0.25) is 4.79 Å². The fourth-order valence-electron chi connectivity index (χ4n) is 2.09. The van der Waals surface area contributed by atoms with Gasteiger partial charge >= 0.3 is 13.1 Å². The lowest BCUT2D eigenvalue weighted by Gasteiger charge is -2.25. The summed E-state index contributed by atoms with van der Waals surface area (Å²) in [6.45, 7) is -0.413. The molecule has 0 fully saturated rings. The summed E-state index contributed by atoms with van der Waals surface area (Å²) in [6.07, 6.45) is 0.777. The van der Waals surface area contributed by atoms with Crippen molar-refractivity contribution in [1.82, 2.24) is 9.44 Å². The van der Waals surface area contributed by atoms with Crippen molar-refractivity contribution >= 4 is 23.3 Å². The summed E-state index contributed by atoms with van der Waals surface area (Å²) in [6, 6.07) is 8.86. The van der Waals surface area contributed by atoms with E-state index in [-0.39, 0.29) is 19.3 Å². The number of aliphatic carboxylic acids is 1. The predicted octanol–water partition coefficient (Wildman–Crippen LogP) is -0.964. The molecule has 1 unspecified atom stereocenters. The quantitative estimate of drug-likeness (QED) is 0.203. The lowest BCUT2D eigenvalue weighted by atomic mass is 9.82. The van der Waals surface area contributed by atoms with Crippen LogP contribution in [0.4, 0.5) is 0 Å². The number of carboxylic acids is 1. The third-order valence-electron chi connectivity index (χ3n) is 3.65. The summed E-state index contributed by atoms with van der Waals surface area (Å²) in [5.74, 6) is -1.33. The van der Waals surface area contributed by atoms with Crippen molar-refractivity contribution in [2.75, 3.05) is 6.54 Å². The molecule has 0 aromatic heterocycles. The Bertz CT molecular complexity index is 643. The molecule has 0 aliphatic rings. The van der Waals surface area contributed by atoms with Crippen molar-refractivity contribution in [2.24, 2.45) is 5.73 Å². The van der Waals surface area contributed by atoms with E-state index in [0.717, 1.165) is 5.56 Å². The van der Waals surface area contributed by atoms with E-state index in [0.29, 0.717) is 12.8 Å². The fraction of sp³-hybridized carbons (Fsp3) is 0.500. The van der Waals surface area contributed by atoms with Gasteiger partial charge in [0.25, 0.3) is 10.2 Å². The van der Waals surface area contributed by atoms with Crippen LogP contribution in [-0.2, 0) is 21.5 Å². The van der Waals surface area contributed by atoms with Crippen LogP contribution in [0.5, 0.6) is 0 Å². The van der Waals surface area contributed by atoms with Crippen molar-refractivity contribution in [3.8, 4) is 0 Å². The highest BCUT2D eigenvalue weighted by atomic mass is 32.2. The number of hydrogen-bond donors (Lipinski definition) is 6. The van der Waals surface area contributed by atoms with Gasteiger partial charge in [-0.15, -0.1) is 0 Å². The van der Waals surface area contributed by atoms with Gasteiger partial charge < -0.3 is 20.9 Å². The second-order valence-corrected chi connectivity index (χ2v) is 7.40. The molecule has 0 aliphatic carbocycles. The zero-order valence-corrected chi connectivity index (χ0v) is 14.6. The Morgan fingerprint density at radius 2 is 1.80 bits per heavy atom. The van der Waals surface area contributed by atoms with Gasteiger partial charge in [-0.05, 0) is 18.3 Å². The van der Waals surface area contributed by atoms with E-state index in [9.17, 15) is 18.3 Å². The van der Waals surface area contributed by atoms with Gasteiger partial charge in [0.2, 0.25) is 0 Å². The molecule has 1 aromatic rings. The molecule has 0 radical (unpaired) electrons. The van der Waals surface area contributed by atoms with Crippen LogP contribution in [0.25, 0.3) is 0 Å². The molecule has 0 heterocycles. The first kappa shape index (κ1) is 21.5. The molecule has 1 aromatic carbocycles. The number of carboxylic acid groups (broad SMARTS) is 1. The van der Waals surface area contributed by atoms with Crippen molar-refractivity contribution < 1.29 is 28.4 Å². The molecule has 140 valence electrons. The number of rotatable bonds is 12. The summed E-state index contributed by atoms with van der Waals surface area (Å²) >= 11 is 0. The molecular formula is C14H24BN3O6S. The Balaban J connectivity index is 2.52. The van der Waals surface area contributed by atoms with Gasteiger partial charge in [-0.1, -0.05) is 43.2 Å². The van der Waals surface area contributed by atoms with Crippen LogP contribution in [0.2, 0.25) is 6.32 Å². The van der Waals surface area contributed by atoms with E-state index in [1.807, 2.05) is 6.07 Å². The van der Waals surface area contributed by atoms with Crippen molar-refractivity contribution in [1.29, 1.82) is 0 Å². The van der Waals surface area contributed by atoms with E-state index in [2.05, 4.69) is 9.44 Å². The van der Waals surface area contributed by atoms with Gasteiger partial charge in [0.05, 0.1) is 0 Å². The van der Waals surface area contributed by atoms with Crippen LogP contribution >= 0.6 is 0 Å². The summed E-state index contributed by atoms with van der Waals surface area (Å²) in [7, 11) is -5.37. The molecule has 0 saturated heterocycles. The zero-order valence-electron chi connectivity index (χ0n) is 13.8. The zero-order chi connectivity index (χ0) is 18.9. The molecular weight excluding hydrogens is 349 g/mol. The smallest absolute Gasteiger partial charge is 0.451 e. The first-order chi connectivity index (χ1) is 11.6. The van der Waals surface area contributed by atoms with Crippen LogP contribution in [0.15, 0.2) is 30.3 Å². The maximum atomic E-state index is 12.0. The number of nitrogens with one attached hydrogen (secondary N) is 2. The summed E-state index contributed by atoms with van der Waals surface area (Å²) in [5.41, 5.74) is 4.77. The number of carbonyl (C=O) groups is 1. The predicted molar refractivity (Wildman–Crippen MR) is 93.6 cm³/mol. The monoisotopic (exact) mass is 373 g/mol. The maximum Gasteiger partial charge on any atom is 0.451 e. The minimum absolute atomic E-state index is 0.00371. The van der Waals surface area contributed by atoms with Crippen LogP contribution in [0.3, 0.4) is 0 Å².